The summed E-state index contributed by atoms with van der Waals surface area (Å²) in [5, 5.41) is 3.49. The monoisotopic (exact) mass is 217 g/mol. The van der Waals surface area contributed by atoms with Gasteiger partial charge >= 0.3 is 0 Å². The van der Waals surface area contributed by atoms with E-state index in [9.17, 15) is 0 Å². The van der Waals surface area contributed by atoms with Gasteiger partial charge in [0.2, 0.25) is 0 Å². The Bertz CT molecular complexity index is 345. The molecule has 88 valence electrons. The SMILES string of the molecule is CNC(c1cc(C)cc(C)c1)C(C)C1CC1. The first-order valence-electron chi connectivity index (χ1n) is 6.37. The van der Waals surface area contributed by atoms with E-state index in [1.54, 1.807) is 0 Å². The van der Waals surface area contributed by atoms with E-state index in [2.05, 4.69) is 51.3 Å². The first kappa shape index (κ1) is 11.7. The van der Waals surface area contributed by atoms with Gasteiger partial charge in [0.1, 0.15) is 0 Å². The summed E-state index contributed by atoms with van der Waals surface area (Å²) in [6, 6.07) is 7.42. The van der Waals surface area contributed by atoms with Crippen molar-refractivity contribution in [2.45, 2.75) is 39.7 Å². The fourth-order valence-electron chi connectivity index (χ4n) is 2.82. The number of hydrogen-bond acceptors (Lipinski definition) is 1. The van der Waals surface area contributed by atoms with Gasteiger partial charge in [0.25, 0.3) is 0 Å². The van der Waals surface area contributed by atoms with E-state index in [1.165, 1.54) is 29.5 Å². The van der Waals surface area contributed by atoms with Crippen LogP contribution < -0.4 is 5.32 Å². The van der Waals surface area contributed by atoms with E-state index >= 15 is 0 Å². The highest BCUT2D eigenvalue weighted by Gasteiger charge is 2.33. The number of benzene rings is 1. The van der Waals surface area contributed by atoms with E-state index in [1.807, 2.05) is 0 Å². The predicted octanol–water partition coefficient (Wildman–Crippen LogP) is 3.61. The predicted molar refractivity (Wildman–Crippen MR) is 69.6 cm³/mol. The molecular weight excluding hydrogens is 194 g/mol. The van der Waals surface area contributed by atoms with E-state index in [0.717, 1.165) is 11.8 Å². The average molecular weight is 217 g/mol. The van der Waals surface area contributed by atoms with Crippen molar-refractivity contribution in [3.8, 4) is 0 Å². The average Bonchev–Trinajstić information content (AvgIpc) is 2.99. The van der Waals surface area contributed by atoms with Crippen molar-refractivity contribution >= 4 is 0 Å². The zero-order chi connectivity index (χ0) is 11.7. The lowest BCUT2D eigenvalue weighted by Crippen LogP contribution is -2.24. The summed E-state index contributed by atoms with van der Waals surface area (Å²) in [6.45, 7) is 6.76. The summed E-state index contributed by atoms with van der Waals surface area (Å²) < 4.78 is 0. The van der Waals surface area contributed by atoms with Crippen LogP contribution in [0, 0.1) is 25.7 Å². The fraction of sp³-hybridized carbons (Fsp3) is 0.600. The quantitative estimate of drug-likeness (QED) is 0.812. The molecule has 0 heterocycles. The van der Waals surface area contributed by atoms with Gasteiger partial charge in [0.15, 0.2) is 0 Å². The fourth-order valence-corrected chi connectivity index (χ4v) is 2.82. The first-order chi connectivity index (χ1) is 7.61. The maximum atomic E-state index is 3.49. The number of nitrogens with one attached hydrogen (secondary N) is 1. The molecule has 0 spiro atoms. The summed E-state index contributed by atoms with van der Waals surface area (Å²) in [4.78, 5) is 0. The van der Waals surface area contributed by atoms with Crippen molar-refractivity contribution in [3.05, 3.63) is 34.9 Å². The molecule has 0 saturated heterocycles. The minimum Gasteiger partial charge on any atom is -0.313 e. The minimum atomic E-state index is 0.520. The molecule has 1 aromatic carbocycles. The van der Waals surface area contributed by atoms with E-state index < -0.39 is 0 Å². The molecule has 1 N–H and O–H groups in total. The highest BCUT2D eigenvalue weighted by atomic mass is 14.9. The van der Waals surface area contributed by atoms with Crippen LogP contribution >= 0.6 is 0 Å². The molecule has 1 aromatic rings. The summed E-state index contributed by atoms with van der Waals surface area (Å²) >= 11 is 0. The van der Waals surface area contributed by atoms with E-state index in [4.69, 9.17) is 0 Å². The standard InChI is InChI=1S/C15H23N/c1-10-7-11(2)9-14(8-10)15(16-4)12(3)13-5-6-13/h7-9,12-13,15-16H,5-6H2,1-4H3. The Morgan fingerprint density at radius 2 is 1.69 bits per heavy atom. The van der Waals surface area contributed by atoms with Crippen molar-refractivity contribution in [2.24, 2.45) is 11.8 Å². The van der Waals surface area contributed by atoms with Crippen molar-refractivity contribution in [1.29, 1.82) is 0 Å². The summed E-state index contributed by atoms with van der Waals surface area (Å²) in [6.07, 6.45) is 2.84. The topological polar surface area (TPSA) is 12.0 Å². The third-order valence-corrected chi connectivity index (χ3v) is 3.81. The second kappa shape index (κ2) is 4.58. The zero-order valence-electron chi connectivity index (χ0n) is 10.9. The molecular formula is C15H23N. The van der Waals surface area contributed by atoms with Gasteiger partial charge in [-0.25, -0.2) is 0 Å². The van der Waals surface area contributed by atoms with E-state index in [0.29, 0.717) is 6.04 Å². The molecule has 0 amide bonds. The van der Waals surface area contributed by atoms with Crippen molar-refractivity contribution < 1.29 is 0 Å². The molecule has 2 unspecified atom stereocenters. The van der Waals surface area contributed by atoms with Crippen LogP contribution in [0.5, 0.6) is 0 Å². The molecule has 1 aliphatic carbocycles. The third-order valence-electron chi connectivity index (χ3n) is 3.81. The molecule has 1 aliphatic rings. The minimum absolute atomic E-state index is 0.520. The van der Waals surface area contributed by atoms with Crippen molar-refractivity contribution in [2.75, 3.05) is 7.05 Å². The molecule has 2 atom stereocenters. The summed E-state index contributed by atoms with van der Waals surface area (Å²) in [5.41, 5.74) is 4.20. The van der Waals surface area contributed by atoms with Crippen molar-refractivity contribution in [3.63, 3.8) is 0 Å². The number of rotatable bonds is 4. The molecule has 1 saturated carbocycles. The maximum absolute atomic E-state index is 3.49. The van der Waals surface area contributed by atoms with Crippen molar-refractivity contribution in [1.82, 2.24) is 5.32 Å². The van der Waals surface area contributed by atoms with Gasteiger partial charge in [-0.3, -0.25) is 0 Å². The maximum Gasteiger partial charge on any atom is 0.0346 e. The molecule has 16 heavy (non-hydrogen) atoms. The normalized spacial score (nSPS) is 19.5. The Labute approximate surface area is 99.3 Å². The molecule has 0 bridgehead atoms. The van der Waals surface area contributed by atoms with Gasteiger partial charge < -0.3 is 5.32 Å². The molecule has 2 rings (SSSR count). The van der Waals surface area contributed by atoms with Gasteiger partial charge in [-0.2, -0.15) is 0 Å². The van der Waals surface area contributed by atoms with Gasteiger partial charge in [0.05, 0.1) is 0 Å². The Morgan fingerprint density at radius 1 is 1.12 bits per heavy atom. The number of hydrogen-bond donors (Lipinski definition) is 1. The summed E-state index contributed by atoms with van der Waals surface area (Å²) in [7, 11) is 2.08. The largest absolute Gasteiger partial charge is 0.313 e. The Hall–Kier alpha value is -0.820. The first-order valence-corrected chi connectivity index (χ1v) is 6.37. The second-order valence-electron chi connectivity index (χ2n) is 5.38. The van der Waals surface area contributed by atoms with Gasteiger partial charge in [0, 0.05) is 6.04 Å². The smallest absolute Gasteiger partial charge is 0.0346 e. The van der Waals surface area contributed by atoms with Gasteiger partial charge in [-0.05, 0) is 51.1 Å². The van der Waals surface area contributed by atoms with Crippen LogP contribution in [0.4, 0.5) is 0 Å². The lowest BCUT2D eigenvalue weighted by molar-refractivity contribution is 0.369. The van der Waals surface area contributed by atoms with Crippen LogP contribution in [-0.4, -0.2) is 7.05 Å². The molecule has 0 aromatic heterocycles. The molecule has 1 nitrogen and oxygen atoms in total. The van der Waals surface area contributed by atoms with E-state index in [-0.39, 0.29) is 0 Å². The van der Waals surface area contributed by atoms with Crippen LogP contribution in [0.15, 0.2) is 18.2 Å². The lowest BCUT2D eigenvalue weighted by atomic mass is 9.89. The van der Waals surface area contributed by atoms with Crippen LogP contribution in [0.3, 0.4) is 0 Å². The molecule has 1 heteroatoms. The lowest BCUT2D eigenvalue weighted by Gasteiger charge is -2.24. The van der Waals surface area contributed by atoms with Gasteiger partial charge in [-0.1, -0.05) is 36.2 Å². The zero-order valence-corrected chi connectivity index (χ0v) is 10.9. The highest BCUT2D eigenvalue weighted by molar-refractivity contribution is 5.31. The highest BCUT2D eigenvalue weighted by Crippen LogP contribution is 2.42. The molecule has 0 aliphatic heterocycles. The van der Waals surface area contributed by atoms with Gasteiger partial charge in [-0.15, -0.1) is 0 Å². The van der Waals surface area contributed by atoms with Crippen LogP contribution in [-0.2, 0) is 0 Å². The van der Waals surface area contributed by atoms with Crippen LogP contribution in [0.2, 0.25) is 0 Å². The Kier molecular flexibility index (Phi) is 3.34. The Morgan fingerprint density at radius 3 is 2.12 bits per heavy atom. The van der Waals surface area contributed by atoms with Crippen LogP contribution in [0.1, 0.15) is 42.5 Å². The molecule has 0 radical (unpaired) electrons. The Balaban J connectivity index is 2.24. The van der Waals surface area contributed by atoms with Crippen LogP contribution in [0.25, 0.3) is 0 Å². The summed E-state index contributed by atoms with van der Waals surface area (Å²) in [5.74, 6) is 1.70. The third kappa shape index (κ3) is 2.46. The number of aryl methyl sites for hydroxylation is 2. The second-order valence-corrected chi connectivity index (χ2v) is 5.38. The molecule has 1 fully saturated rings.